The van der Waals surface area contributed by atoms with Crippen LogP contribution in [0.3, 0.4) is 0 Å². The number of benzene rings is 1. The molecule has 1 aliphatic carbocycles. The molecule has 1 aliphatic rings. The Morgan fingerprint density at radius 1 is 1.53 bits per heavy atom. The molecule has 4 heteroatoms. The average molecular weight is 254 g/mol. The van der Waals surface area contributed by atoms with Crippen molar-refractivity contribution in [2.45, 2.75) is 37.8 Å². The SMILES string of the molecule is CC(NC1CC(c2cccc(Cl)c2)C1)C(=O)O. The summed E-state index contributed by atoms with van der Waals surface area (Å²) >= 11 is 5.94. The van der Waals surface area contributed by atoms with Crippen molar-refractivity contribution >= 4 is 17.6 Å². The van der Waals surface area contributed by atoms with Crippen LogP contribution in [0, 0.1) is 0 Å². The van der Waals surface area contributed by atoms with Crippen LogP contribution in [0.4, 0.5) is 0 Å². The van der Waals surface area contributed by atoms with Gasteiger partial charge in [-0.2, -0.15) is 0 Å². The first-order chi connectivity index (χ1) is 8.06. The van der Waals surface area contributed by atoms with Crippen LogP contribution in [0.5, 0.6) is 0 Å². The van der Waals surface area contributed by atoms with Crippen LogP contribution in [-0.4, -0.2) is 23.2 Å². The third-order valence-electron chi connectivity index (χ3n) is 3.31. The predicted molar refractivity (Wildman–Crippen MR) is 67.4 cm³/mol. The molecule has 17 heavy (non-hydrogen) atoms. The van der Waals surface area contributed by atoms with E-state index in [1.807, 2.05) is 18.2 Å². The minimum absolute atomic E-state index is 0.310. The largest absolute Gasteiger partial charge is 0.480 e. The molecule has 0 aliphatic heterocycles. The van der Waals surface area contributed by atoms with Crippen molar-refractivity contribution in [2.24, 2.45) is 0 Å². The maximum atomic E-state index is 10.7. The fourth-order valence-corrected chi connectivity index (χ4v) is 2.41. The summed E-state index contributed by atoms with van der Waals surface area (Å²) in [5.41, 5.74) is 1.25. The minimum atomic E-state index is -0.795. The van der Waals surface area contributed by atoms with E-state index >= 15 is 0 Å². The fraction of sp³-hybridized carbons (Fsp3) is 0.462. The van der Waals surface area contributed by atoms with Gasteiger partial charge in [-0.1, -0.05) is 23.7 Å². The molecule has 0 amide bonds. The van der Waals surface area contributed by atoms with Gasteiger partial charge in [0, 0.05) is 11.1 Å². The molecule has 2 rings (SSSR count). The topological polar surface area (TPSA) is 49.3 Å². The molecule has 0 bridgehead atoms. The number of halogens is 1. The van der Waals surface area contributed by atoms with E-state index < -0.39 is 12.0 Å². The van der Waals surface area contributed by atoms with Crippen molar-refractivity contribution in [2.75, 3.05) is 0 Å². The van der Waals surface area contributed by atoms with Crippen LogP contribution in [-0.2, 0) is 4.79 Å². The highest BCUT2D eigenvalue weighted by molar-refractivity contribution is 6.30. The molecular weight excluding hydrogens is 238 g/mol. The zero-order valence-corrected chi connectivity index (χ0v) is 10.4. The molecule has 3 nitrogen and oxygen atoms in total. The molecule has 1 fully saturated rings. The highest BCUT2D eigenvalue weighted by Gasteiger charge is 2.32. The molecule has 2 N–H and O–H groups in total. The van der Waals surface area contributed by atoms with Gasteiger partial charge in [0.25, 0.3) is 0 Å². The first-order valence-corrected chi connectivity index (χ1v) is 6.18. The molecule has 1 atom stereocenters. The first kappa shape index (κ1) is 12.4. The van der Waals surface area contributed by atoms with Gasteiger partial charge in [0.1, 0.15) is 6.04 Å². The van der Waals surface area contributed by atoms with E-state index in [2.05, 4.69) is 11.4 Å². The summed E-state index contributed by atoms with van der Waals surface area (Å²) in [5, 5.41) is 12.6. The number of carbonyl (C=O) groups is 1. The lowest BCUT2D eigenvalue weighted by Crippen LogP contribution is -2.47. The lowest BCUT2D eigenvalue weighted by Gasteiger charge is -2.37. The van der Waals surface area contributed by atoms with Crippen LogP contribution in [0.1, 0.15) is 31.2 Å². The Morgan fingerprint density at radius 3 is 2.82 bits per heavy atom. The molecule has 0 spiro atoms. The normalized spacial score (nSPS) is 25.1. The molecule has 0 radical (unpaired) electrons. The summed E-state index contributed by atoms with van der Waals surface area (Å²) < 4.78 is 0. The van der Waals surface area contributed by atoms with Gasteiger partial charge in [-0.15, -0.1) is 0 Å². The summed E-state index contributed by atoms with van der Waals surface area (Å²) in [5.74, 6) is -0.289. The molecule has 1 aromatic carbocycles. The third kappa shape index (κ3) is 2.99. The molecule has 0 saturated heterocycles. The Kier molecular flexibility index (Phi) is 3.69. The van der Waals surface area contributed by atoms with Crippen molar-refractivity contribution in [3.05, 3.63) is 34.9 Å². The van der Waals surface area contributed by atoms with Crippen LogP contribution in [0.15, 0.2) is 24.3 Å². The number of nitrogens with one attached hydrogen (secondary N) is 1. The Hall–Kier alpha value is -1.06. The monoisotopic (exact) mass is 253 g/mol. The van der Waals surface area contributed by atoms with Gasteiger partial charge < -0.3 is 10.4 Å². The molecular formula is C13H16ClNO2. The van der Waals surface area contributed by atoms with Crippen molar-refractivity contribution in [3.8, 4) is 0 Å². The number of carboxylic acid groups (broad SMARTS) is 1. The predicted octanol–water partition coefficient (Wildman–Crippen LogP) is 2.65. The summed E-state index contributed by atoms with van der Waals surface area (Å²) in [6.45, 7) is 1.68. The lowest BCUT2D eigenvalue weighted by atomic mass is 9.75. The second-order valence-corrected chi connectivity index (χ2v) is 5.08. The van der Waals surface area contributed by atoms with Crippen molar-refractivity contribution in [3.63, 3.8) is 0 Å². The van der Waals surface area contributed by atoms with Crippen LogP contribution in [0.25, 0.3) is 0 Å². The van der Waals surface area contributed by atoms with Gasteiger partial charge in [-0.25, -0.2) is 0 Å². The van der Waals surface area contributed by atoms with Gasteiger partial charge >= 0.3 is 5.97 Å². The van der Waals surface area contributed by atoms with Gasteiger partial charge in [0.05, 0.1) is 0 Å². The van der Waals surface area contributed by atoms with E-state index in [-0.39, 0.29) is 0 Å². The van der Waals surface area contributed by atoms with Gasteiger partial charge in [-0.05, 0) is 43.4 Å². The molecule has 0 aromatic heterocycles. The zero-order valence-electron chi connectivity index (χ0n) is 9.69. The Labute approximate surface area is 106 Å². The Morgan fingerprint density at radius 2 is 2.24 bits per heavy atom. The minimum Gasteiger partial charge on any atom is -0.480 e. The highest BCUT2D eigenvalue weighted by Crippen LogP contribution is 2.37. The van der Waals surface area contributed by atoms with Crippen molar-refractivity contribution in [1.82, 2.24) is 5.32 Å². The van der Waals surface area contributed by atoms with E-state index in [1.54, 1.807) is 6.92 Å². The third-order valence-corrected chi connectivity index (χ3v) is 3.55. The summed E-state index contributed by atoms with van der Waals surface area (Å²) in [4.78, 5) is 10.7. The summed E-state index contributed by atoms with van der Waals surface area (Å²) in [6, 6.07) is 7.73. The molecule has 1 aromatic rings. The maximum absolute atomic E-state index is 10.7. The van der Waals surface area contributed by atoms with Crippen LogP contribution >= 0.6 is 11.6 Å². The smallest absolute Gasteiger partial charge is 0.320 e. The Bertz CT molecular complexity index is 416. The number of rotatable bonds is 4. The zero-order chi connectivity index (χ0) is 12.4. The maximum Gasteiger partial charge on any atom is 0.320 e. The van der Waals surface area contributed by atoms with Gasteiger partial charge in [0.15, 0.2) is 0 Å². The van der Waals surface area contributed by atoms with E-state index in [9.17, 15) is 4.79 Å². The number of aliphatic carboxylic acids is 1. The molecule has 92 valence electrons. The number of hydrogen-bond donors (Lipinski definition) is 2. The standard InChI is InChI=1S/C13H16ClNO2/c1-8(13(16)17)15-12-6-10(7-12)9-3-2-4-11(14)5-9/h2-5,8,10,12,15H,6-7H2,1H3,(H,16,17). The Balaban J connectivity index is 1.85. The summed E-state index contributed by atoms with van der Waals surface area (Å²) in [7, 11) is 0. The van der Waals surface area contributed by atoms with Gasteiger partial charge in [-0.3, -0.25) is 4.79 Å². The lowest BCUT2D eigenvalue weighted by molar-refractivity contribution is -0.139. The van der Waals surface area contributed by atoms with Crippen molar-refractivity contribution in [1.29, 1.82) is 0 Å². The summed E-state index contributed by atoms with van der Waals surface area (Å²) in [6.07, 6.45) is 1.97. The van der Waals surface area contributed by atoms with Crippen LogP contribution in [0.2, 0.25) is 5.02 Å². The second-order valence-electron chi connectivity index (χ2n) is 4.65. The van der Waals surface area contributed by atoms with E-state index in [0.29, 0.717) is 12.0 Å². The average Bonchev–Trinajstić information content (AvgIpc) is 2.22. The second kappa shape index (κ2) is 5.07. The van der Waals surface area contributed by atoms with E-state index in [0.717, 1.165) is 17.9 Å². The highest BCUT2D eigenvalue weighted by atomic mass is 35.5. The molecule has 1 saturated carbocycles. The van der Waals surface area contributed by atoms with Crippen molar-refractivity contribution < 1.29 is 9.90 Å². The fourth-order valence-electron chi connectivity index (χ4n) is 2.21. The van der Waals surface area contributed by atoms with Gasteiger partial charge in [0.2, 0.25) is 0 Å². The number of hydrogen-bond acceptors (Lipinski definition) is 2. The van der Waals surface area contributed by atoms with E-state index in [1.165, 1.54) is 5.56 Å². The first-order valence-electron chi connectivity index (χ1n) is 5.80. The van der Waals surface area contributed by atoms with Crippen LogP contribution < -0.4 is 5.32 Å². The quantitative estimate of drug-likeness (QED) is 0.867. The molecule has 1 unspecified atom stereocenters. The number of carboxylic acids is 1. The van der Waals surface area contributed by atoms with E-state index in [4.69, 9.17) is 16.7 Å². The molecule has 0 heterocycles.